The largest absolute Gasteiger partial charge is 0.384 e. The highest BCUT2D eigenvalue weighted by Crippen LogP contribution is 2.18. The summed E-state index contributed by atoms with van der Waals surface area (Å²) in [5, 5.41) is 10.8. The highest BCUT2D eigenvalue weighted by Gasteiger charge is 2.10. The van der Waals surface area contributed by atoms with Crippen LogP contribution in [-0.2, 0) is 0 Å². The second kappa shape index (κ2) is 3.93. The summed E-state index contributed by atoms with van der Waals surface area (Å²) in [5.41, 5.74) is 8.39. The van der Waals surface area contributed by atoms with Crippen LogP contribution in [-0.4, -0.2) is 11.4 Å². The first-order chi connectivity index (χ1) is 6.79. The Morgan fingerprint density at radius 2 is 1.93 bits per heavy atom. The third kappa shape index (κ3) is 3.27. The summed E-state index contributed by atoms with van der Waals surface area (Å²) in [7, 11) is 0. The molecule has 82 valence electrons. The number of hydrogen-bond acceptors (Lipinski definition) is 2. The van der Waals surface area contributed by atoms with Crippen LogP contribution in [0, 0.1) is 12.3 Å². The summed E-state index contributed by atoms with van der Waals surface area (Å²) in [6.07, 6.45) is 0. The smallest absolute Gasteiger partial charge is 0.123 e. The third-order valence-corrected chi connectivity index (χ3v) is 2.04. The molecule has 0 spiro atoms. The number of nitrogens with one attached hydrogen (secondary N) is 2. The summed E-state index contributed by atoms with van der Waals surface area (Å²) in [6.45, 7) is 8.30. The van der Waals surface area contributed by atoms with E-state index >= 15 is 0 Å². The van der Waals surface area contributed by atoms with Crippen molar-refractivity contribution in [3.8, 4) is 0 Å². The van der Waals surface area contributed by atoms with Crippen molar-refractivity contribution in [2.24, 2.45) is 5.73 Å². The van der Waals surface area contributed by atoms with Crippen molar-refractivity contribution >= 4 is 11.5 Å². The van der Waals surface area contributed by atoms with E-state index in [2.05, 4.69) is 26.1 Å². The van der Waals surface area contributed by atoms with Gasteiger partial charge >= 0.3 is 0 Å². The Hall–Kier alpha value is -1.51. The zero-order chi connectivity index (χ0) is 11.6. The molecule has 15 heavy (non-hydrogen) atoms. The van der Waals surface area contributed by atoms with Gasteiger partial charge in [0.2, 0.25) is 0 Å². The highest BCUT2D eigenvalue weighted by atomic mass is 14.9. The van der Waals surface area contributed by atoms with Crippen LogP contribution in [0.4, 0.5) is 5.69 Å². The van der Waals surface area contributed by atoms with Crippen LogP contribution in [0.25, 0.3) is 0 Å². The fourth-order valence-corrected chi connectivity index (χ4v) is 1.48. The Kier molecular flexibility index (Phi) is 3.03. The summed E-state index contributed by atoms with van der Waals surface area (Å²) < 4.78 is 0. The molecule has 0 amide bonds. The third-order valence-electron chi connectivity index (χ3n) is 2.04. The van der Waals surface area contributed by atoms with Crippen molar-refractivity contribution in [2.45, 2.75) is 33.2 Å². The van der Waals surface area contributed by atoms with Crippen molar-refractivity contribution in [1.29, 1.82) is 5.41 Å². The van der Waals surface area contributed by atoms with Crippen LogP contribution < -0.4 is 11.1 Å². The van der Waals surface area contributed by atoms with Crippen molar-refractivity contribution in [1.82, 2.24) is 0 Å². The van der Waals surface area contributed by atoms with Gasteiger partial charge in [-0.1, -0.05) is 0 Å². The predicted octanol–water partition coefficient (Wildman–Crippen LogP) is 2.49. The number of nitrogen functional groups attached to an aromatic ring is 1. The van der Waals surface area contributed by atoms with Gasteiger partial charge in [-0.15, -0.1) is 0 Å². The molecular formula is C12H19N3. The lowest BCUT2D eigenvalue weighted by Gasteiger charge is -2.22. The van der Waals surface area contributed by atoms with E-state index in [1.807, 2.05) is 25.1 Å². The quantitative estimate of drug-likeness (QED) is 0.513. The summed E-state index contributed by atoms with van der Waals surface area (Å²) in [6, 6.07) is 5.85. The Labute approximate surface area is 91.2 Å². The molecule has 0 atom stereocenters. The molecule has 3 heteroatoms. The molecule has 0 radical (unpaired) electrons. The van der Waals surface area contributed by atoms with Crippen LogP contribution in [0.15, 0.2) is 18.2 Å². The minimum Gasteiger partial charge on any atom is -0.384 e. The Morgan fingerprint density at radius 1 is 1.33 bits per heavy atom. The molecule has 0 saturated heterocycles. The van der Waals surface area contributed by atoms with Gasteiger partial charge in [-0.2, -0.15) is 0 Å². The molecule has 3 nitrogen and oxygen atoms in total. The molecule has 0 saturated carbocycles. The molecule has 0 bridgehead atoms. The number of rotatable bonds is 2. The fourth-order valence-electron chi connectivity index (χ4n) is 1.48. The van der Waals surface area contributed by atoms with E-state index in [1.165, 1.54) is 0 Å². The topological polar surface area (TPSA) is 61.9 Å². The molecule has 0 aromatic heterocycles. The van der Waals surface area contributed by atoms with Gasteiger partial charge in [-0.3, -0.25) is 5.41 Å². The molecule has 0 fully saturated rings. The van der Waals surface area contributed by atoms with Gasteiger partial charge < -0.3 is 11.1 Å². The van der Waals surface area contributed by atoms with E-state index in [-0.39, 0.29) is 11.4 Å². The van der Waals surface area contributed by atoms with Crippen molar-refractivity contribution in [2.75, 3.05) is 5.32 Å². The van der Waals surface area contributed by atoms with Gasteiger partial charge in [0.05, 0.1) is 0 Å². The van der Waals surface area contributed by atoms with Gasteiger partial charge in [-0.05, 0) is 51.5 Å². The van der Waals surface area contributed by atoms with E-state index in [4.69, 9.17) is 11.1 Å². The van der Waals surface area contributed by atoms with Crippen molar-refractivity contribution in [3.63, 3.8) is 0 Å². The number of benzene rings is 1. The number of amidine groups is 1. The molecule has 1 rings (SSSR count). The Bertz CT molecular complexity index is 375. The van der Waals surface area contributed by atoms with E-state index in [1.54, 1.807) is 0 Å². The molecule has 0 aliphatic carbocycles. The minimum atomic E-state index is 0.0458. The minimum absolute atomic E-state index is 0.0458. The van der Waals surface area contributed by atoms with E-state index < -0.39 is 0 Å². The maximum absolute atomic E-state index is 7.38. The van der Waals surface area contributed by atoms with E-state index in [0.29, 0.717) is 0 Å². The van der Waals surface area contributed by atoms with Crippen LogP contribution in [0.3, 0.4) is 0 Å². The summed E-state index contributed by atoms with van der Waals surface area (Å²) >= 11 is 0. The van der Waals surface area contributed by atoms with Gasteiger partial charge in [-0.25, -0.2) is 0 Å². The molecular weight excluding hydrogens is 186 g/mol. The van der Waals surface area contributed by atoms with Crippen LogP contribution in [0.1, 0.15) is 31.9 Å². The number of nitrogens with two attached hydrogens (primary N) is 1. The molecule has 0 unspecified atom stereocenters. The van der Waals surface area contributed by atoms with Gasteiger partial charge in [0.15, 0.2) is 0 Å². The standard InChI is InChI=1S/C12H19N3/c1-8-7-9(15-12(2,3)4)5-6-10(8)11(13)14/h5-7,15H,1-4H3,(H3,13,14). The Balaban J connectivity index is 2.97. The van der Waals surface area contributed by atoms with Gasteiger partial charge in [0.25, 0.3) is 0 Å². The second-order valence-electron chi connectivity index (χ2n) is 4.82. The summed E-state index contributed by atoms with van der Waals surface area (Å²) in [5.74, 6) is 0.120. The normalized spacial score (nSPS) is 11.2. The molecule has 1 aromatic carbocycles. The zero-order valence-corrected chi connectivity index (χ0v) is 9.81. The van der Waals surface area contributed by atoms with Crippen molar-refractivity contribution < 1.29 is 0 Å². The average molecular weight is 205 g/mol. The van der Waals surface area contributed by atoms with Crippen LogP contribution in [0.5, 0.6) is 0 Å². The second-order valence-corrected chi connectivity index (χ2v) is 4.82. The maximum atomic E-state index is 7.38. The SMILES string of the molecule is Cc1cc(NC(C)(C)C)ccc1C(=N)N. The van der Waals surface area contributed by atoms with Crippen LogP contribution >= 0.6 is 0 Å². The first-order valence-electron chi connectivity index (χ1n) is 5.03. The van der Waals surface area contributed by atoms with Crippen molar-refractivity contribution in [3.05, 3.63) is 29.3 Å². The Morgan fingerprint density at radius 3 is 2.33 bits per heavy atom. The molecule has 0 aliphatic rings. The monoisotopic (exact) mass is 205 g/mol. The maximum Gasteiger partial charge on any atom is 0.123 e. The fraction of sp³-hybridized carbons (Fsp3) is 0.417. The number of aryl methyl sites for hydroxylation is 1. The van der Waals surface area contributed by atoms with E-state index in [9.17, 15) is 0 Å². The first kappa shape index (κ1) is 11.6. The van der Waals surface area contributed by atoms with Gasteiger partial charge in [0.1, 0.15) is 5.84 Å². The molecule has 0 heterocycles. The molecule has 0 aliphatic heterocycles. The lowest BCUT2D eigenvalue weighted by atomic mass is 10.0. The van der Waals surface area contributed by atoms with Gasteiger partial charge in [0, 0.05) is 16.8 Å². The average Bonchev–Trinajstić information content (AvgIpc) is 1.99. The number of hydrogen-bond donors (Lipinski definition) is 3. The predicted molar refractivity (Wildman–Crippen MR) is 65.6 cm³/mol. The lowest BCUT2D eigenvalue weighted by Crippen LogP contribution is -2.26. The highest BCUT2D eigenvalue weighted by molar-refractivity contribution is 5.96. The zero-order valence-electron chi connectivity index (χ0n) is 9.81. The summed E-state index contributed by atoms with van der Waals surface area (Å²) in [4.78, 5) is 0. The molecule has 1 aromatic rings. The lowest BCUT2D eigenvalue weighted by molar-refractivity contribution is 0.634. The first-order valence-corrected chi connectivity index (χ1v) is 5.03. The van der Waals surface area contributed by atoms with Crippen LogP contribution in [0.2, 0.25) is 0 Å². The van der Waals surface area contributed by atoms with E-state index in [0.717, 1.165) is 16.8 Å². The number of anilines is 1. The molecule has 4 N–H and O–H groups in total.